The number of halogens is 1. The average molecular weight is 553 g/mol. The van der Waals surface area contributed by atoms with Gasteiger partial charge in [0, 0.05) is 60.2 Å². The SMILES string of the molecule is Cc1cc(F)c(COc2cc3c(cn2)[C@H]2[C@@H](C3)[C@@H]2C(=O)O)cc1-c1ccc(OC2CC(S(C)(=O)=O)C2)nc1C. The van der Waals surface area contributed by atoms with Gasteiger partial charge in [0.05, 0.1) is 11.2 Å². The number of aromatic nitrogens is 2. The first kappa shape index (κ1) is 25.7. The molecule has 0 unspecified atom stereocenters. The lowest BCUT2D eigenvalue weighted by molar-refractivity contribution is -0.139. The summed E-state index contributed by atoms with van der Waals surface area (Å²) in [6.45, 7) is 3.69. The summed E-state index contributed by atoms with van der Waals surface area (Å²) in [7, 11) is -3.05. The maximum Gasteiger partial charge on any atom is 0.307 e. The Bertz CT molecular complexity index is 1600. The number of aryl methyl sites for hydroxylation is 2. The number of rotatable bonds is 8. The molecule has 8 nitrogen and oxygen atoms in total. The second-order valence-corrected chi connectivity index (χ2v) is 13.3. The Hall–Kier alpha value is -3.53. The smallest absolute Gasteiger partial charge is 0.307 e. The van der Waals surface area contributed by atoms with Gasteiger partial charge in [-0.15, -0.1) is 0 Å². The summed E-state index contributed by atoms with van der Waals surface area (Å²) in [6, 6.07) is 8.71. The summed E-state index contributed by atoms with van der Waals surface area (Å²) in [6.07, 6.45) is 4.40. The summed E-state index contributed by atoms with van der Waals surface area (Å²) in [4.78, 5) is 20.2. The Morgan fingerprint density at radius 1 is 1.13 bits per heavy atom. The van der Waals surface area contributed by atoms with E-state index in [1.54, 1.807) is 18.3 Å². The third-order valence-electron chi connectivity index (χ3n) is 8.33. The van der Waals surface area contributed by atoms with E-state index in [2.05, 4.69) is 9.97 Å². The maximum absolute atomic E-state index is 14.9. The fourth-order valence-corrected chi connectivity index (χ4v) is 7.10. The van der Waals surface area contributed by atoms with E-state index < -0.39 is 15.8 Å². The minimum absolute atomic E-state index is 0.00758. The Kier molecular flexibility index (Phi) is 6.13. The van der Waals surface area contributed by atoms with Crippen LogP contribution in [-0.4, -0.2) is 47.1 Å². The van der Waals surface area contributed by atoms with Crippen LogP contribution in [0.4, 0.5) is 4.39 Å². The summed E-state index contributed by atoms with van der Waals surface area (Å²) < 4.78 is 49.9. The van der Waals surface area contributed by atoms with Gasteiger partial charge in [-0.25, -0.2) is 22.8 Å². The third kappa shape index (κ3) is 4.75. The van der Waals surface area contributed by atoms with Crippen molar-refractivity contribution in [2.24, 2.45) is 11.8 Å². The van der Waals surface area contributed by atoms with Crippen molar-refractivity contribution < 1.29 is 32.2 Å². The summed E-state index contributed by atoms with van der Waals surface area (Å²) in [5.41, 5.74) is 5.55. The zero-order chi connectivity index (χ0) is 27.6. The number of pyridine rings is 2. The highest BCUT2D eigenvalue weighted by molar-refractivity contribution is 7.91. The molecule has 3 aliphatic carbocycles. The molecule has 3 aliphatic rings. The predicted molar refractivity (Wildman–Crippen MR) is 141 cm³/mol. The van der Waals surface area contributed by atoms with Crippen LogP contribution in [0.2, 0.25) is 0 Å². The van der Waals surface area contributed by atoms with Crippen LogP contribution in [-0.2, 0) is 27.7 Å². The molecule has 0 saturated heterocycles. The van der Waals surface area contributed by atoms with Crippen LogP contribution in [0.25, 0.3) is 11.1 Å². The molecular formula is C29H29FN2O6S. The molecule has 6 rings (SSSR count). The average Bonchev–Trinajstić information content (AvgIpc) is 3.43. The van der Waals surface area contributed by atoms with Gasteiger partial charge < -0.3 is 14.6 Å². The first-order chi connectivity index (χ1) is 18.5. The van der Waals surface area contributed by atoms with Crippen LogP contribution in [0.1, 0.15) is 46.7 Å². The number of hydrogen-bond acceptors (Lipinski definition) is 7. The summed E-state index contributed by atoms with van der Waals surface area (Å²) >= 11 is 0. The second kappa shape index (κ2) is 9.29. The van der Waals surface area contributed by atoms with Crippen molar-refractivity contribution in [3.8, 4) is 22.9 Å². The molecule has 2 fully saturated rings. The van der Waals surface area contributed by atoms with Crippen LogP contribution >= 0.6 is 0 Å². The van der Waals surface area contributed by atoms with E-state index in [9.17, 15) is 22.7 Å². The van der Waals surface area contributed by atoms with Gasteiger partial charge in [-0.1, -0.05) is 0 Å². The summed E-state index contributed by atoms with van der Waals surface area (Å²) in [5.74, 6) is -0.436. The van der Waals surface area contributed by atoms with Gasteiger partial charge in [0.1, 0.15) is 18.5 Å². The van der Waals surface area contributed by atoms with E-state index in [0.29, 0.717) is 42.3 Å². The topological polar surface area (TPSA) is 116 Å². The van der Waals surface area contributed by atoms with Crippen molar-refractivity contribution in [2.75, 3.05) is 6.26 Å². The molecule has 0 amide bonds. The van der Waals surface area contributed by atoms with Crippen LogP contribution < -0.4 is 9.47 Å². The van der Waals surface area contributed by atoms with Crippen LogP contribution in [0.15, 0.2) is 36.5 Å². The Morgan fingerprint density at radius 3 is 2.59 bits per heavy atom. The number of fused-ring (bicyclic) bond motifs is 3. The molecule has 0 radical (unpaired) electrons. The Morgan fingerprint density at radius 2 is 1.90 bits per heavy atom. The van der Waals surface area contributed by atoms with Gasteiger partial charge in [0.2, 0.25) is 11.8 Å². The number of hydrogen-bond donors (Lipinski definition) is 1. The highest BCUT2D eigenvalue weighted by atomic mass is 32.2. The maximum atomic E-state index is 14.9. The molecule has 1 aromatic carbocycles. The third-order valence-corrected chi connectivity index (χ3v) is 9.93. The van der Waals surface area contributed by atoms with Gasteiger partial charge in [-0.05, 0) is 66.6 Å². The number of aliphatic carboxylic acids is 1. The summed E-state index contributed by atoms with van der Waals surface area (Å²) in [5, 5.41) is 8.95. The van der Waals surface area contributed by atoms with E-state index in [4.69, 9.17) is 9.47 Å². The molecule has 0 aliphatic heterocycles. The van der Waals surface area contributed by atoms with Gasteiger partial charge in [0.15, 0.2) is 9.84 Å². The Labute approximate surface area is 226 Å². The van der Waals surface area contributed by atoms with Crippen molar-refractivity contribution in [2.45, 2.75) is 57.0 Å². The first-order valence-electron chi connectivity index (χ1n) is 13.0. The van der Waals surface area contributed by atoms with Gasteiger partial charge >= 0.3 is 5.97 Å². The zero-order valence-electron chi connectivity index (χ0n) is 21.8. The van der Waals surface area contributed by atoms with E-state index in [1.807, 2.05) is 26.0 Å². The highest BCUT2D eigenvalue weighted by Gasteiger charge is 2.59. The normalized spacial score (nSPS) is 24.9. The van der Waals surface area contributed by atoms with Gasteiger partial charge in [-0.2, -0.15) is 0 Å². The number of carboxylic acid groups (broad SMARTS) is 1. The zero-order valence-corrected chi connectivity index (χ0v) is 22.7. The monoisotopic (exact) mass is 552 g/mol. The van der Waals surface area contributed by atoms with Crippen molar-refractivity contribution in [3.63, 3.8) is 0 Å². The first-order valence-corrected chi connectivity index (χ1v) is 14.9. The second-order valence-electron chi connectivity index (χ2n) is 11.0. The lowest BCUT2D eigenvalue weighted by Crippen LogP contribution is -2.42. The van der Waals surface area contributed by atoms with E-state index in [-0.39, 0.29) is 41.5 Å². The van der Waals surface area contributed by atoms with E-state index >= 15 is 0 Å². The minimum atomic E-state index is -3.05. The number of benzene rings is 1. The van der Waals surface area contributed by atoms with Crippen molar-refractivity contribution in [3.05, 3.63) is 70.3 Å². The molecule has 0 bridgehead atoms. The molecule has 0 spiro atoms. The molecule has 3 atom stereocenters. The molecule has 1 N–H and O–H groups in total. The molecule has 10 heteroatoms. The molecule has 204 valence electrons. The van der Waals surface area contributed by atoms with Crippen molar-refractivity contribution in [1.29, 1.82) is 0 Å². The minimum Gasteiger partial charge on any atom is -0.481 e. The fraction of sp³-hybridized carbons (Fsp3) is 0.414. The van der Waals surface area contributed by atoms with E-state index in [1.165, 1.54) is 12.3 Å². The molecule has 2 heterocycles. The van der Waals surface area contributed by atoms with Crippen molar-refractivity contribution >= 4 is 15.8 Å². The number of carbonyl (C=O) groups is 1. The number of ether oxygens (including phenoxy) is 2. The molecule has 3 aromatic rings. The number of sulfone groups is 1. The van der Waals surface area contributed by atoms with Crippen molar-refractivity contribution in [1.82, 2.24) is 9.97 Å². The molecule has 2 saturated carbocycles. The van der Waals surface area contributed by atoms with E-state index in [0.717, 1.165) is 27.8 Å². The molecule has 2 aromatic heterocycles. The van der Waals surface area contributed by atoms with Crippen LogP contribution in [0, 0.1) is 31.5 Å². The predicted octanol–water partition coefficient (Wildman–Crippen LogP) is 4.40. The lowest BCUT2D eigenvalue weighted by atomic mass is 9.95. The van der Waals surface area contributed by atoms with Crippen LogP contribution in [0.5, 0.6) is 11.8 Å². The Balaban J connectivity index is 1.15. The highest BCUT2D eigenvalue weighted by Crippen LogP contribution is 2.61. The van der Waals surface area contributed by atoms with Crippen LogP contribution in [0.3, 0.4) is 0 Å². The lowest BCUT2D eigenvalue weighted by Gasteiger charge is -2.33. The fourth-order valence-electron chi connectivity index (χ4n) is 5.98. The van der Waals surface area contributed by atoms with Gasteiger partial charge in [-0.3, -0.25) is 4.79 Å². The number of carboxylic acids is 1. The standard InChI is InChI=1S/C29H29FN2O6S/c1-14-6-24(30)17(13-37-26-9-16-7-22-27(23(16)12-31-26)28(22)29(33)34)8-21(14)20-4-5-25(32-15(20)2)38-18-10-19(11-18)39(3,35)36/h4-6,8-9,12,18-19,22,27-28H,7,10-11,13H2,1-3H3,(H,33,34)/t18?,19?,22-,27-,28+/m1/s1. The molecular weight excluding hydrogens is 523 g/mol. The number of nitrogens with zero attached hydrogens (tertiary/aromatic N) is 2. The largest absolute Gasteiger partial charge is 0.481 e. The van der Waals surface area contributed by atoms with Gasteiger partial charge in [0.25, 0.3) is 0 Å². The quantitative estimate of drug-likeness (QED) is 0.437. The molecule has 39 heavy (non-hydrogen) atoms.